The molecule has 2 rings (SSSR count). The number of rotatable bonds is 4. The van der Waals surface area contributed by atoms with Crippen LogP contribution in [-0.4, -0.2) is 18.4 Å². The van der Waals surface area contributed by atoms with Crippen molar-refractivity contribution in [1.82, 2.24) is 10.9 Å². The van der Waals surface area contributed by atoms with E-state index >= 15 is 0 Å². The molecule has 0 bridgehead atoms. The topological polar surface area (TPSA) is 67.4 Å². The molecule has 0 saturated heterocycles. The van der Waals surface area contributed by atoms with Gasteiger partial charge in [-0.25, -0.2) is 0 Å². The van der Waals surface area contributed by atoms with Gasteiger partial charge in [-0.15, -0.1) is 0 Å². The van der Waals surface area contributed by atoms with Crippen LogP contribution in [0.15, 0.2) is 39.3 Å². The number of fused-ring (bicyclic) bond motifs is 1. The van der Waals surface area contributed by atoms with Gasteiger partial charge in [0, 0.05) is 10.9 Å². The van der Waals surface area contributed by atoms with Crippen LogP contribution in [0.3, 0.4) is 0 Å². The van der Waals surface area contributed by atoms with Crippen molar-refractivity contribution >= 4 is 54.4 Å². The number of hydrazine groups is 1. The van der Waals surface area contributed by atoms with Crippen molar-refractivity contribution in [2.45, 2.75) is 13.3 Å². The average Bonchev–Trinajstić information content (AvgIpc) is 2.51. The fraction of sp³-hybridized carbons (Fsp3) is 0.200. The molecule has 2 amide bonds. The number of hydrogen-bond donors (Lipinski definition) is 2. The number of amides is 2. The highest BCUT2D eigenvalue weighted by molar-refractivity contribution is 9.11. The molecule has 0 aromatic heterocycles. The van der Waals surface area contributed by atoms with Crippen molar-refractivity contribution in [2.24, 2.45) is 0 Å². The van der Waals surface area contributed by atoms with E-state index in [4.69, 9.17) is 4.74 Å². The van der Waals surface area contributed by atoms with E-state index in [9.17, 15) is 9.59 Å². The van der Waals surface area contributed by atoms with Crippen molar-refractivity contribution in [3.05, 3.63) is 39.3 Å². The number of hydrogen-bond acceptors (Lipinski definition) is 3. The molecule has 0 fully saturated rings. The quantitative estimate of drug-likeness (QED) is 0.732. The molecule has 0 unspecified atom stereocenters. The van der Waals surface area contributed by atoms with Gasteiger partial charge in [-0.1, -0.05) is 35.0 Å². The highest BCUT2D eigenvalue weighted by Gasteiger charge is 2.09. The molecule has 2 aromatic carbocycles. The van der Waals surface area contributed by atoms with Crippen molar-refractivity contribution in [1.29, 1.82) is 0 Å². The molecule has 0 aliphatic rings. The van der Waals surface area contributed by atoms with Crippen LogP contribution in [-0.2, 0) is 9.59 Å². The molecule has 0 atom stereocenters. The zero-order chi connectivity index (χ0) is 16.1. The highest BCUT2D eigenvalue weighted by Crippen LogP contribution is 2.34. The van der Waals surface area contributed by atoms with Crippen LogP contribution in [0.5, 0.6) is 5.75 Å². The predicted octanol–water partition coefficient (Wildman–Crippen LogP) is 3.30. The summed E-state index contributed by atoms with van der Waals surface area (Å²) in [6.45, 7) is 1.51. The number of benzene rings is 2. The Labute approximate surface area is 144 Å². The maximum absolute atomic E-state index is 11.6. The summed E-state index contributed by atoms with van der Waals surface area (Å²) >= 11 is 6.91. The van der Waals surface area contributed by atoms with E-state index in [1.54, 1.807) is 13.0 Å². The SMILES string of the molecule is CCC(=O)NNC(=O)COc1ccc2cc(Br)ccc2c1Br. The summed E-state index contributed by atoms with van der Waals surface area (Å²) in [5, 5.41) is 2.04. The highest BCUT2D eigenvalue weighted by atomic mass is 79.9. The Morgan fingerprint density at radius 1 is 1.09 bits per heavy atom. The number of halogens is 2. The van der Waals surface area contributed by atoms with Crippen molar-refractivity contribution in [2.75, 3.05) is 6.61 Å². The lowest BCUT2D eigenvalue weighted by molar-refractivity contribution is -0.129. The molecule has 7 heteroatoms. The second-order valence-corrected chi connectivity index (χ2v) is 6.19. The summed E-state index contributed by atoms with van der Waals surface area (Å²) in [7, 11) is 0. The molecule has 0 spiro atoms. The minimum absolute atomic E-state index is 0.190. The summed E-state index contributed by atoms with van der Waals surface area (Å²) in [5.74, 6) is -0.123. The van der Waals surface area contributed by atoms with Gasteiger partial charge in [0.05, 0.1) is 4.47 Å². The molecule has 116 valence electrons. The first-order chi connectivity index (χ1) is 10.5. The van der Waals surface area contributed by atoms with Crippen LogP contribution >= 0.6 is 31.9 Å². The minimum atomic E-state index is -0.426. The molecule has 0 heterocycles. The first-order valence-electron chi connectivity index (χ1n) is 6.59. The zero-order valence-electron chi connectivity index (χ0n) is 11.8. The number of nitrogens with one attached hydrogen (secondary N) is 2. The first kappa shape index (κ1) is 16.8. The van der Waals surface area contributed by atoms with Gasteiger partial charge in [-0.3, -0.25) is 20.4 Å². The monoisotopic (exact) mass is 428 g/mol. The Balaban J connectivity index is 2.03. The van der Waals surface area contributed by atoms with E-state index in [1.807, 2.05) is 24.3 Å². The zero-order valence-corrected chi connectivity index (χ0v) is 15.0. The normalized spacial score (nSPS) is 10.3. The lowest BCUT2D eigenvalue weighted by Gasteiger charge is -2.11. The molecule has 0 saturated carbocycles. The van der Waals surface area contributed by atoms with E-state index in [1.165, 1.54) is 0 Å². The van der Waals surface area contributed by atoms with E-state index in [0.717, 1.165) is 19.7 Å². The standard InChI is InChI=1S/C15H14Br2N2O3/c1-2-13(20)18-19-14(21)8-22-12-6-3-9-7-10(16)4-5-11(9)15(12)17/h3-7H,2,8H2,1H3,(H,18,20)(H,19,21). The number of carbonyl (C=O) groups is 2. The Bertz CT molecular complexity index is 719. The van der Waals surface area contributed by atoms with Crippen molar-refractivity contribution in [3.63, 3.8) is 0 Å². The molecule has 0 aliphatic heterocycles. The third kappa shape index (κ3) is 4.20. The maximum Gasteiger partial charge on any atom is 0.276 e. The minimum Gasteiger partial charge on any atom is -0.483 e. The van der Waals surface area contributed by atoms with Gasteiger partial charge in [0.25, 0.3) is 5.91 Å². The summed E-state index contributed by atoms with van der Waals surface area (Å²) in [6.07, 6.45) is 0.299. The summed E-state index contributed by atoms with van der Waals surface area (Å²) in [5.41, 5.74) is 4.57. The molecular weight excluding hydrogens is 416 g/mol. The van der Waals surface area contributed by atoms with E-state index < -0.39 is 5.91 Å². The smallest absolute Gasteiger partial charge is 0.276 e. The lowest BCUT2D eigenvalue weighted by Crippen LogP contribution is -2.43. The van der Waals surface area contributed by atoms with Crippen LogP contribution in [0.2, 0.25) is 0 Å². The Morgan fingerprint density at radius 3 is 2.55 bits per heavy atom. The van der Waals surface area contributed by atoms with Gasteiger partial charge < -0.3 is 4.74 Å². The van der Waals surface area contributed by atoms with E-state index in [-0.39, 0.29) is 12.5 Å². The summed E-state index contributed by atoms with van der Waals surface area (Å²) in [4.78, 5) is 22.6. The second kappa shape index (κ2) is 7.60. The van der Waals surface area contributed by atoms with E-state index in [2.05, 4.69) is 42.7 Å². The molecule has 0 radical (unpaired) electrons. The third-order valence-corrected chi connectivity index (χ3v) is 4.21. The van der Waals surface area contributed by atoms with Crippen LogP contribution in [0.4, 0.5) is 0 Å². The van der Waals surface area contributed by atoms with Crippen molar-refractivity contribution < 1.29 is 14.3 Å². The van der Waals surface area contributed by atoms with Gasteiger partial charge in [-0.2, -0.15) is 0 Å². The van der Waals surface area contributed by atoms with Crippen LogP contribution in [0.1, 0.15) is 13.3 Å². The fourth-order valence-corrected chi connectivity index (χ4v) is 2.75. The second-order valence-electron chi connectivity index (χ2n) is 4.48. The summed E-state index contributed by atoms with van der Waals surface area (Å²) < 4.78 is 7.25. The number of carbonyl (C=O) groups excluding carboxylic acids is 2. The summed E-state index contributed by atoms with van der Waals surface area (Å²) in [6, 6.07) is 9.59. The number of ether oxygens (including phenoxy) is 1. The van der Waals surface area contributed by atoms with Gasteiger partial charge in [-0.05, 0) is 44.9 Å². The first-order valence-corrected chi connectivity index (χ1v) is 8.18. The Kier molecular flexibility index (Phi) is 5.79. The molecule has 2 N–H and O–H groups in total. The van der Waals surface area contributed by atoms with Gasteiger partial charge in [0.2, 0.25) is 5.91 Å². The Morgan fingerprint density at radius 2 is 1.82 bits per heavy atom. The van der Waals surface area contributed by atoms with Gasteiger partial charge >= 0.3 is 0 Å². The largest absolute Gasteiger partial charge is 0.483 e. The molecule has 5 nitrogen and oxygen atoms in total. The van der Waals surface area contributed by atoms with Crippen LogP contribution in [0, 0.1) is 0 Å². The van der Waals surface area contributed by atoms with Crippen LogP contribution < -0.4 is 15.6 Å². The van der Waals surface area contributed by atoms with Gasteiger partial charge in [0.1, 0.15) is 5.75 Å². The average molecular weight is 430 g/mol. The molecule has 0 aliphatic carbocycles. The molecular formula is C15H14Br2N2O3. The van der Waals surface area contributed by atoms with Crippen LogP contribution in [0.25, 0.3) is 10.8 Å². The lowest BCUT2D eigenvalue weighted by atomic mass is 10.1. The fourth-order valence-electron chi connectivity index (χ4n) is 1.76. The predicted molar refractivity (Wildman–Crippen MR) is 91.4 cm³/mol. The molecule has 22 heavy (non-hydrogen) atoms. The molecule has 2 aromatic rings. The maximum atomic E-state index is 11.6. The van der Waals surface area contributed by atoms with Gasteiger partial charge in [0.15, 0.2) is 6.61 Å². The Hall–Kier alpha value is -1.60. The van der Waals surface area contributed by atoms with E-state index in [0.29, 0.717) is 12.2 Å². The van der Waals surface area contributed by atoms with Crippen molar-refractivity contribution in [3.8, 4) is 5.75 Å². The third-order valence-electron chi connectivity index (χ3n) is 2.90.